The maximum Gasteiger partial charge on any atom is 0.0320 e. The Bertz CT molecular complexity index is 255. The average Bonchev–Trinajstić information content (AvgIpc) is 2.17. The molecule has 1 aromatic rings. The molecule has 0 aliphatic carbocycles. The van der Waals surface area contributed by atoms with Gasteiger partial charge in [-0.1, -0.05) is 48.3 Å². The van der Waals surface area contributed by atoms with Crippen molar-refractivity contribution in [3.8, 4) is 0 Å². The van der Waals surface area contributed by atoms with Crippen LogP contribution in [0, 0.1) is 5.92 Å². The Balaban J connectivity index is 2.77. The summed E-state index contributed by atoms with van der Waals surface area (Å²) < 4.78 is 1.10. The topological polar surface area (TPSA) is 26.0 Å². The molecule has 0 bridgehead atoms. The van der Waals surface area contributed by atoms with Gasteiger partial charge in [0.1, 0.15) is 0 Å². The zero-order valence-electron chi connectivity index (χ0n) is 8.13. The molecule has 1 nitrogen and oxygen atoms in total. The first kappa shape index (κ1) is 10.7. The van der Waals surface area contributed by atoms with Crippen LogP contribution >= 0.6 is 15.9 Å². The third-order valence-corrected chi connectivity index (χ3v) is 3.04. The average molecular weight is 242 g/mol. The van der Waals surface area contributed by atoms with Crippen LogP contribution in [-0.2, 0) is 0 Å². The first-order valence-electron chi connectivity index (χ1n) is 4.66. The molecule has 0 fully saturated rings. The summed E-state index contributed by atoms with van der Waals surface area (Å²) in [6.07, 6.45) is 1.12. The van der Waals surface area contributed by atoms with Crippen LogP contribution in [0.4, 0.5) is 0 Å². The summed E-state index contributed by atoms with van der Waals surface area (Å²) in [7, 11) is 0. The Labute approximate surface area is 88.5 Å². The maximum atomic E-state index is 6.08. The molecule has 0 saturated carbocycles. The van der Waals surface area contributed by atoms with E-state index in [4.69, 9.17) is 5.73 Å². The van der Waals surface area contributed by atoms with Crippen LogP contribution in [0.5, 0.6) is 0 Å². The second-order valence-corrected chi connectivity index (χ2v) is 4.38. The van der Waals surface area contributed by atoms with E-state index in [0.717, 1.165) is 10.9 Å². The van der Waals surface area contributed by atoms with E-state index < -0.39 is 0 Å². The lowest BCUT2D eigenvalue weighted by Gasteiger charge is -2.18. The third kappa shape index (κ3) is 2.82. The summed E-state index contributed by atoms with van der Waals surface area (Å²) in [5.41, 5.74) is 7.30. The van der Waals surface area contributed by atoms with E-state index >= 15 is 0 Å². The molecule has 1 rings (SSSR count). The zero-order chi connectivity index (χ0) is 9.84. The van der Waals surface area contributed by atoms with Gasteiger partial charge in [0.2, 0.25) is 0 Å². The van der Waals surface area contributed by atoms with Gasteiger partial charge in [-0.3, -0.25) is 0 Å². The van der Waals surface area contributed by atoms with Crippen LogP contribution in [0.25, 0.3) is 0 Å². The summed E-state index contributed by atoms with van der Waals surface area (Å²) >= 11 is 3.41. The van der Waals surface area contributed by atoms with Gasteiger partial charge in [0.25, 0.3) is 0 Å². The molecule has 72 valence electrons. The van der Waals surface area contributed by atoms with Crippen LogP contribution in [0.3, 0.4) is 0 Å². The molecular weight excluding hydrogens is 226 g/mol. The fourth-order valence-corrected chi connectivity index (χ4v) is 1.53. The highest BCUT2D eigenvalue weighted by Gasteiger charge is 2.12. The molecule has 2 N–H and O–H groups in total. The number of hydrogen-bond acceptors (Lipinski definition) is 1. The van der Waals surface area contributed by atoms with Gasteiger partial charge in [0, 0.05) is 10.5 Å². The van der Waals surface area contributed by atoms with Gasteiger partial charge in [-0.15, -0.1) is 0 Å². The second kappa shape index (κ2) is 4.77. The molecule has 0 amide bonds. The minimum absolute atomic E-state index is 0.165. The first-order valence-corrected chi connectivity index (χ1v) is 5.45. The fourth-order valence-electron chi connectivity index (χ4n) is 1.27. The van der Waals surface area contributed by atoms with E-state index in [1.54, 1.807) is 0 Å². The number of nitrogens with two attached hydrogens (primary N) is 1. The zero-order valence-corrected chi connectivity index (χ0v) is 9.71. The van der Waals surface area contributed by atoms with Crippen molar-refractivity contribution >= 4 is 15.9 Å². The van der Waals surface area contributed by atoms with E-state index in [9.17, 15) is 0 Å². The standard InChI is InChI=1S/C11H16BrN/c1-3-8(2)11(13)9-4-6-10(12)7-5-9/h4-8,11H,3,13H2,1-2H3/t8?,11-/m0/s1. The van der Waals surface area contributed by atoms with Gasteiger partial charge in [0.15, 0.2) is 0 Å². The Hall–Kier alpha value is -0.340. The van der Waals surface area contributed by atoms with Crippen molar-refractivity contribution in [2.24, 2.45) is 11.7 Å². The number of rotatable bonds is 3. The van der Waals surface area contributed by atoms with Crippen LogP contribution < -0.4 is 5.73 Å². The first-order chi connectivity index (χ1) is 6.15. The predicted molar refractivity (Wildman–Crippen MR) is 60.5 cm³/mol. The van der Waals surface area contributed by atoms with Crippen LogP contribution in [0.1, 0.15) is 31.9 Å². The van der Waals surface area contributed by atoms with Crippen molar-refractivity contribution in [2.45, 2.75) is 26.3 Å². The van der Waals surface area contributed by atoms with E-state index in [-0.39, 0.29) is 6.04 Å². The quantitative estimate of drug-likeness (QED) is 0.862. The molecule has 0 radical (unpaired) electrons. The minimum atomic E-state index is 0.165. The van der Waals surface area contributed by atoms with Crippen molar-refractivity contribution in [3.05, 3.63) is 34.3 Å². The van der Waals surface area contributed by atoms with Gasteiger partial charge < -0.3 is 5.73 Å². The molecule has 0 aliphatic heterocycles. The molecule has 0 heterocycles. The van der Waals surface area contributed by atoms with E-state index in [1.165, 1.54) is 5.56 Å². The number of halogens is 1. The highest BCUT2D eigenvalue weighted by molar-refractivity contribution is 9.10. The minimum Gasteiger partial charge on any atom is -0.324 e. The smallest absolute Gasteiger partial charge is 0.0320 e. The Kier molecular flexibility index (Phi) is 3.94. The lowest BCUT2D eigenvalue weighted by molar-refractivity contribution is 0.457. The third-order valence-electron chi connectivity index (χ3n) is 2.51. The SMILES string of the molecule is CCC(C)[C@H](N)c1ccc(Br)cc1. The molecule has 0 aromatic heterocycles. The maximum absolute atomic E-state index is 6.08. The van der Waals surface area contributed by atoms with Gasteiger partial charge in [0.05, 0.1) is 0 Å². The molecule has 1 unspecified atom stereocenters. The normalized spacial score (nSPS) is 15.4. The van der Waals surface area contributed by atoms with Crippen LogP contribution in [0.15, 0.2) is 28.7 Å². The molecule has 13 heavy (non-hydrogen) atoms. The van der Waals surface area contributed by atoms with Crippen molar-refractivity contribution in [1.29, 1.82) is 0 Å². The molecule has 2 heteroatoms. The van der Waals surface area contributed by atoms with Crippen LogP contribution in [0.2, 0.25) is 0 Å². The Morgan fingerprint density at radius 3 is 2.31 bits per heavy atom. The molecular formula is C11H16BrN. The van der Waals surface area contributed by atoms with Gasteiger partial charge >= 0.3 is 0 Å². The Morgan fingerprint density at radius 1 is 1.31 bits per heavy atom. The van der Waals surface area contributed by atoms with Gasteiger partial charge in [-0.05, 0) is 23.6 Å². The molecule has 0 spiro atoms. The van der Waals surface area contributed by atoms with Crippen LogP contribution in [-0.4, -0.2) is 0 Å². The summed E-state index contributed by atoms with van der Waals surface area (Å²) in [5.74, 6) is 0.543. The van der Waals surface area contributed by atoms with E-state index in [1.807, 2.05) is 12.1 Å². The highest BCUT2D eigenvalue weighted by Crippen LogP contribution is 2.22. The largest absolute Gasteiger partial charge is 0.324 e. The second-order valence-electron chi connectivity index (χ2n) is 3.46. The summed E-state index contributed by atoms with van der Waals surface area (Å²) in [4.78, 5) is 0. The summed E-state index contributed by atoms with van der Waals surface area (Å²) in [6, 6.07) is 8.41. The predicted octanol–water partition coefficient (Wildman–Crippen LogP) is 3.50. The summed E-state index contributed by atoms with van der Waals surface area (Å²) in [6.45, 7) is 4.36. The fraction of sp³-hybridized carbons (Fsp3) is 0.455. The highest BCUT2D eigenvalue weighted by atomic mass is 79.9. The van der Waals surface area contributed by atoms with E-state index in [2.05, 4.69) is 41.9 Å². The van der Waals surface area contributed by atoms with Crippen molar-refractivity contribution in [1.82, 2.24) is 0 Å². The number of hydrogen-bond donors (Lipinski definition) is 1. The Morgan fingerprint density at radius 2 is 1.85 bits per heavy atom. The van der Waals surface area contributed by atoms with Crippen molar-refractivity contribution in [3.63, 3.8) is 0 Å². The lowest BCUT2D eigenvalue weighted by atomic mass is 9.93. The number of benzene rings is 1. The van der Waals surface area contributed by atoms with Gasteiger partial charge in [-0.25, -0.2) is 0 Å². The molecule has 0 saturated heterocycles. The van der Waals surface area contributed by atoms with E-state index in [0.29, 0.717) is 5.92 Å². The van der Waals surface area contributed by atoms with Crippen molar-refractivity contribution in [2.75, 3.05) is 0 Å². The molecule has 2 atom stereocenters. The monoisotopic (exact) mass is 241 g/mol. The molecule has 1 aromatic carbocycles. The van der Waals surface area contributed by atoms with Gasteiger partial charge in [-0.2, -0.15) is 0 Å². The summed E-state index contributed by atoms with van der Waals surface area (Å²) in [5, 5.41) is 0. The van der Waals surface area contributed by atoms with Crippen molar-refractivity contribution < 1.29 is 0 Å². The molecule has 0 aliphatic rings. The lowest BCUT2D eigenvalue weighted by Crippen LogP contribution is -2.18.